The van der Waals surface area contributed by atoms with Crippen molar-refractivity contribution in [2.24, 2.45) is 5.92 Å². The highest BCUT2D eigenvalue weighted by molar-refractivity contribution is 7.80. The molecule has 1 saturated carbocycles. The van der Waals surface area contributed by atoms with Crippen LogP contribution in [0.2, 0.25) is 0 Å². The molecule has 1 aromatic heterocycles. The Kier molecular flexibility index (Phi) is 16.4. The Hall–Kier alpha value is -3.16. The zero-order valence-corrected chi connectivity index (χ0v) is 23.5. The van der Waals surface area contributed by atoms with Crippen LogP contribution < -0.4 is 16.2 Å². The average molecular weight is 523 g/mol. The number of benzene rings is 1. The van der Waals surface area contributed by atoms with Crippen molar-refractivity contribution in [3.8, 4) is 0 Å². The number of hydrazine groups is 1. The Labute approximate surface area is 227 Å². The molecule has 37 heavy (non-hydrogen) atoms. The normalized spacial score (nSPS) is 12.9. The Morgan fingerprint density at radius 3 is 2.49 bits per heavy atom. The van der Waals surface area contributed by atoms with Crippen molar-refractivity contribution in [1.29, 1.82) is 0 Å². The fourth-order valence-electron chi connectivity index (χ4n) is 3.51. The molecule has 0 saturated heterocycles. The van der Waals surface area contributed by atoms with E-state index in [1.807, 2.05) is 38.3 Å². The lowest BCUT2D eigenvalue weighted by Gasteiger charge is -2.05. The molecule has 7 heteroatoms. The van der Waals surface area contributed by atoms with E-state index in [9.17, 15) is 9.59 Å². The second kappa shape index (κ2) is 19.0. The predicted octanol–water partition coefficient (Wildman–Crippen LogP) is 5.71. The molecule has 0 bridgehead atoms. The van der Waals surface area contributed by atoms with Gasteiger partial charge in [-0.15, -0.1) is 0 Å². The second-order valence-electron chi connectivity index (χ2n) is 8.71. The van der Waals surface area contributed by atoms with Crippen molar-refractivity contribution in [3.63, 3.8) is 0 Å². The van der Waals surface area contributed by atoms with Crippen LogP contribution in [0.3, 0.4) is 0 Å². The number of carbonyl (C=O) groups excluding carboxylic acids is 2. The number of aromatic nitrogens is 1. The van der Waals surface area contributed by atoms with Gasteiger partial charge in [0.25, 0.3) is 0 Å². The third-order valence-corrected chi connectivity index (χ3v) is 5.96. The minimum Gasteiger partial charge on any atom is -0.319 e. The van der Waals surface area contributed by atoms with Crippen molar-refractivity contribution in [3.05, 3.63) is 77.5 Å². The third-order valence-electron chi connectivity index (χ3n) is 5.66. The summed E-state index contributed by atoms with van der Waals surface area (Å²) in [6, 6.07) is 10.6. The molecule has 0 unspecified atom stereocenters. The maximum Gasteiger partial charge on any atom is 0.225 e. The monoisotopic (exact) mass is 522 g/mol. The number of aryl methyl sites for hydroxylation is 2. The number of carbonyl (C=O) groups is 2. The summed E-state index contributed by atoms with van der Waals surface area (Å²) in [6.45, 7) is 10.8. The summed E-state index contributed by atoms with van der Waals surface area (Å²) < 4.78 is 0. The van der Waals surface area contributed by atoms with Crippen LogP contribution >= 0.6 is 12.2 Å². The number of hydrogen-bond donors (Lipinski definition) is 3. The van der Waals surface area contributed by atoms with Gasteiger partial charge in [0.05, 0.1) is 10.5 Å². The van der Waals surface area contributed by atoms with E-state index in [2.05, 4.69) is 65.8 Å². The van der Waals surface area contributed by atoms with E-state index in [1.165, 1.54) is 35.8 Å². The van der Waals surface area contributed by atoms with Crippen molar-refractivity contribution in [2.45, 2.75) is 59.3 Å². The minimum atomic E-state index is 0.547. The highest BCUT2D eigenvalue weighted by Crippen LogP contribution is 2.36. The number of aldehydes is 1. The topological polar surface area (TPSA) is 83.1 Å². The van der Waals surface area contributed by atoms with Gasteiger partial charge in [-0.05, 0) is 74.4 Å². The molecule has 1 aliphatic rings. The molecule has 3 N–H and O–H groups in total. The number of fused-ring (bicyclic) bond motifs is 1. The first-order valence-corrected chi connectivity index (χ1v) is 13.3. The molecule has 1 heterocycles. The molecule has 3 rings (SSSR count). The summed E-state index contributed by atoms with van der Waals surface area (Å²) in [4.78, 5) is 25.4. The zero-order valence-electron chi connectivity index (χ0n) is 22.7. The lowest BCUT2D eigenvalue weighted by molar-refractivity contribution is -0.110. The number of para-hydroxylation sites is 1. The molecule has 0 aliphatic heterocycles. The molecule has 1 aliphatic carbocycles. The van der Waals surface area contributed by atoms with Gasteiger partial charge in [0.1, 0.15) is 6.29 Å². The summed E-state index contributed by atoms with van der Waals surface area (Å²) in [5.41, 5.74) is 10.6. The average Bonchev–Trinajstić information content (AvgIpc) is 3.75. The summed E-state index contributed by atoms with van der Waals surface area (Å²) in [5.74, 6) is 0.707. The van der Waals surface area contributed by atoms with Crippen LogP contribution in [0.4, 0.5) is 0 Å². The molecule has 0 spiro atoms. The SMILES string of the molecule is C=C/C(=C\C=C(\C=O)CC)C1CC1.CCCc1cc(C)nc2ccccc12.CNCCC(=S)NNC=O. The molecule has 1 aromatic carbocycles. The van der Waals surface area contributed by atoms with Gasteiger partial charge < -0.3 is 5.32 Å². The Balaban J connectivity index is 0.000000283. The third kappa shape index (κ3) is 13.1. The van der Waals surface area contributed by atoms with Gasteiger partial charge >= 0.3 is 0 Å². The van der Waals surface area contributed by atoms with Crippen molar-refractivity contribution in [1.82, 2.24) is 21.2 Å². The van der Waals surface area contributed by atoms with Gasteiger partial charge in [-0.1, -0.05) is 75.5 Å². The molecule has 0 atom stereocenters. The number of amides is 1. The van der Waals surface area contributed by atoms with Crippen LogP contribution in [0.25, 0.3) is 10.9 Å². The van der Waals surface area contributed by atoms with Crippen LogP contribution in [0.1, 0.15) is 57.2 Å². The van der Waals surface area contributed by atoms with Gasteiger partial charge in [-0.25, -0.2) is 0 Å². The summed E-state index contributed by atoms with van der Waals surface area (Å²) in [5, 5.41) is 4.24. The second-order valence-corrected chi connectivity index (χ2v) is 9.20. The maximum atomic E-state index is 10.5. The van der Waals surface area contributed by atoms with Crippen LogP contribution in [0, 0.1) is 12.8 Å². The number of nitrogens with zero attached hydrogens (tertiary/aromatic N) is 1. The first-order valence-electron chi connectivity index (χ1n) is 12.9. The van der Waals surface area contributed by atoms with E-state index in [-0.39, 0.29) is 0 Å². The van der Waals surface area contributed by atoms with Gasteiger partial charge in [0.15, 0.2) is 0 Å². The van der Waals surface area contributed by atoms with Crippen molar-refractivity contribution >= 4 is 40.8 Å². The van der Waals surface area contributed by atoms with E-state index in [4.69, 9.17) is 12.2 Å². The quantitative estimate of drug-likeness (QED) is 0.109. The van der Waals surface area contributed by atoms with Gasteiger partial charge in [-0.2, -0.15) is 0 Å². The van der Waals surface area contributed by atoms with Gasteiger partial charge in [0, 0.05) is 24.0 Å². The van der Waals surface area contributed by atoms with Crippen LogP contribution in [-0.2, 0) is 16.0 Å². The molecule has 6 nitrogen and oxygen atoms in total. The predicted molar refractivity (Wildman–Crippen MR) is 159 cm³/mol. The van der Waals surface area contributed by atoms with E-state index < -0.39 is 0 Å². The first-order chi connectivity index (χ1) is 17.9. The molecular weight excluding hydrogens is 480 g/mol. The minimum absolute atomic E-state index is 0.547. The van der Waals surface area contributed by atoms with Crippen LogP contribution in [0.15, 0.2) is 66.3 Å². The molecular formula is C30H42N4O2S. The fourth-order valence-corrected chi connectivity index (χ4v) is 3.67. The number of thiocarbonyl (C=S) groups is 1. The van der Waals surface area contributed by atoms with E-state index in [0.29, 0.717) is 17.3 Å². The number of hydrogen-bond acceptors (Lipinski definition) is 5. The molecule has 200 valence electrons. The standard InChI is InChI=1S/C13H15N.C12H16O.C5H11N3OS/c1-3-6-11-9-10(2)14-13-8-5-4-7-12(11)13;1-3-10(9-13)5-6-11(4-2)12-7-8-12;1-6-3-2-5(10)8-7-4-9/h4-5,7-9H,3,6H2,1-2H3;4-6,9,12H,2-3,7-8H2,1H3;4,6H,2-3H2,1H3,(H,7,9)(H,8,10)/b;10-5+,11-6+;. The van der Waals surface area contributed by atoms with Gasteiger partial charge in [0.2, 0.25) is 6.41 Å². The Bertz CT molecular complexity index is 1070. The van der Waals surface area contributed by atoms with E-state index in [1.54, 1.807) is 0 Å². The highest BCUT2D eigenvalue weighted by atomic mass is 32.1. The van der Waals surface area contributed by atoms with E-state index >= 15 is 0 Å². The highest BCUT2D eigenvalue weighted by Gasteiger charge is 2.23. The number of pyridine rings is 1. The number of allylic oxidation sites excluding steroid dienone is 5. The Morgan fingerprint density at radius 2 is 1.92 bits per heavy atom. The first kappa shape index (κ1) is 31.9. The van der Waals surface area contributed by atoms with Crippen molar-refractivity contribution < 1.29 is 9.59 Å². The summed E-state index contributed by atoms with van der Waals surface area (Å²) in [7, 11) is 1.84. The number of nitrogens with one attached hydrogen (secondary N) is 3. The molecule has 0 radical (unpaired) electrons. The smallest absolute Gasteiger partial charge is 0.225 e. The van der Waals surface area contributed by atoms with Crippen LogP contribution in [-0.4, -0.2) is 36.3 Å². The summed E-state index contributed by atoms with van der Waals surface area (Å²) in [6.07, 6.45) is 13.7. The molecule has 1 fully saturated rings. The summed E-state index contributed by atoms with van der Waals surface area (Å²) >= 11 is 4.81. The zero-order chi connectivity index (χ0) is 27.5. The lowest BCUT2D eigenvalue weighted by Crippen LogP contribution is -2.36. The van der Waals surface area contributed by atoms with Crippen molar-refractivity contribution in [2.75, 3.05) is 13.6 Å². The fraction of sp³-hybridized carbons (Fsp3) is 0.400. The Morgan fingerprint density at radius 1 is 1.19 bits per heavy atom. The van der Waals surface area contributed by atoms with E-state index in [0.717, 1.165) is 48.9 Å². The number of rotatable bonds is 12. The molecule has 2 aromatic rings. The lowest BCUT2D eigenvalue weighted by atomic mass is 10.0. The molecule has 1 amide bonds. The largest absolute Gasteiger partial charge is 0.319 e. The van der Waals surface area contributed by atoms with Gasteiger partial charge in [-0.3, -0.25) is 25.4 Å². The maximum absolute atomic E-state index is 10.5. The van der Waals surface area contributed by atoms with Crippen LogP contribution in [0.5, 0.6) is 0 Å².